The standard InChI is InChI=1S/C15H24O3S/c1-13-6-8-14(9-7-13)12-15(2,3)10-4-5-11-19(16,17)18/h6-9H,4-5,10-12H2,1-3H3,(H,16,17,18). The first kappa shape index (κ1) is 16.2. The summed E-state index contributed by atoms with van der Waals surface area (Å²) in [6.07, 6.45) is 3.28. The summed E-state index contributed by atoms with van der Waals surface area (Å²) in [7, 11) is -3.81. The Morgan fingerprint density at radius 3 is 2.21 bits per heavy atom. The van der Waals surface area contributed by atoms with Crippen LogP contribution >= 0.6 is 0 Å². The van der Waals surface area contributed by atoms with Crippen molar-refractivity contribution in [2.45, 2.75) is 46.5 Å². The fraction of sp³-hybridized carbons (Fsp3) is 0.600. The molecule has 3 nitrogen and oxygen atoms in total. The first-order chi connectivity index (χ1) is 8.68. The van der Waals surface area contributed by atoms with Crippen LogP contribution in [0.4, 0.5) is 0 Å². The van der Waals surface area contributed by atoms with E-state index in [1.54, 1.807) is 0 Å². The van der Waals surface area contributed by atoms with E-state index in [0.717, 1.165) is 19.3 Å². The van der Waals surface area contributed by atoms with Gasteiger partial charge in [0, 0.05) is 0 Å². The van der Waals surface area contributed by atoms with Gasteiger partial charge in [0.15, 0.2) is 0 Å². The van der Waals surface area contributed by atoms with E-state index in [4.69, 9.17) is 4.55 Å². The lowest BCUT2D eigenvalue weighted by Crippen LogP contribution is -2.15. The van der Waals surface area contributed by atoms with Crippen molar-refractivity contribution >= 4 is 10.1 Å². The van der Waals surface area contributed by atoms with Crippen molar-refractivity contribution in [1.29, 1.82) is 0 Å². The Morgan fingerprint density at radius 2 is 1.68 bits per heavy atom. The number of hydrogen-bond donors (Lipinski definition) is 1. The Balaban J connectivity index is 2.41. The van der Waals surface area contributed by atoms with Crippen LogP contribution in [-0.2, 0) is 16.5 Å². The highest BCUT2D eigenvalue weighted by molar-refractivity contribution is 7.85. The van der Waals surface area contributed by atoms with Crippen LogP contribution < -0.4 is 0 Å². The van der Waals surface area contributed by atoms with Crippen LogP contribution in [0.25, 0.3) is 0 Å². The van der Waals surface area contributed by atoms with E-state index < -0.39 is 10.1 Å². The van der Waals surface area contributed by atoms with Crippen LogP contribution in [-0.4, -0.2) is 18.7 Å². The molecule has 19 heavy (non-hydrogen) atoms. The van der Waals surface area contributed by atoms with Crippen LogP contribution in [0.3, 0.4) is 0 Å². The van der Waals surface area contributed by atoms with E-state index in [1.165, 1.54) is 11.1 Å². The molecule has 0 aliphatic carbocycles. The van der Waals surface area contributed by atoms with Gasteiger partial charge in [-0.15, -0.1) is 0 Å². The first-order valence-electron chi connectivity index (χ1n) is 6.69. The molecule has 0 atom stereocenters. The summed E-state index contributed by atoms with van der Waals surface area (Å²) in [5, 5.41) is 0. The SMILES string of the molecule is Cc1ccc(CC(C)(C)CCCCS(=O)(=O)O)cc1. The van der Waals surface area contributed by atoms with Gasteiger partial charge >= 0.3 is 0 Å². The number of aryl methyl sites for hydroxylation is 1. The second-order valence-corrected chi connectivity index (χ2v) is 7.64. The molecule has 0 unspecified atom stereocenters. The number of benzene rings is 1. The van der Waals surface area contributed by atoms with Crippen LogP contribution in [0.1, 0.15) is 44.2 Å². The molecule has 0 saturated heterocycles. The minimum atomic E-state index is -3.81. The summed E-state index contributed by atoms with van der Waals surface area (Å²) in [6.45, 7) is 6.46. The van der Waals surface area contributed by atoms with Crippen molar-refractivity contribution in [3.63, 3.8) is 0 Å². The quantitative estimate of drug-likeness (QED) is 0.614. The zero-order valence-electron chi connectivity index (χ0n) is 12.0. The van der Waals surface area contributed by atoms with Crippen molar-refractivity contribution in [2.75, 3.05) is 5.75 Å². The molecule has 0 fully saturated rings. The minimum absolute atomic E-state index is 0.131. The lowest BCUT2D eigenvalue weighted by molar-refractivity contribution is 0.321. The number of rotatable bonds is 7. The molecule has 0 aliphatic heterocycles. The number of hydrogen-bond acceptors (Lipinski definition) is 2. The van der Waals surface area contributed by atoms with Crippen molar-refractivity contribution in [3.8, 4) is 0 Å². The number of unbranched alkanes of at least 4 members (excludes halogenated alkanes) is 1. The third-order valence-electron chi connectivity index (χ3n) is 3.31. The molecule has 0 amide bonds. The average molecular weight is 284 g/mol. The average Bonchev–Trinajstić information content (AvgIpc) is 2.26. The first-order valence-corrected chi connectivity index (χ1v) is 8.30. The molecule has 1 aromatic carbocycles. The third kappa shape index (κ3) is 7.33. The second kappa shape index (κ2) is 6.53. The van der Waals surface area contributed by atoms with Crippen molar-refractivity contribution < 1.29 is 13.0 Å². The normalized spacial score (nSPS) is 12.6. The summed E-state index contributed by atoms with van der Waals surface area (Å²) in [4.78, 5) is 0. The Hall–Kier alpha value is -0.870. The molecule has 108 valence electrons. The van der Waals surface area contributed by atoms with Gasteiger partial charge in [0.2, 0.25) is 0 Å². The maximum absolute atomic E-state index is 10.6. The molecule has 0 saturated carbocycles. The summed E-state index contributed by atoms with van der Waals surface area (Å²) in [5.41, 5.74) is 2.72. The third-order valence-corrected chi connectivity index (χ3v) is 4.11. The largest absolute Gasteiger partial charge is 0.286 e. The van der Waals surface area contributed by atoms with Gasteiger partial charge in [-0.1, -0.05) is 50.1 Å². The van der Waals surface area contributed by atoms with Gasteiger partial charge in [0.05, 0.1) is 5.75 Å². The highest BCUT2D eigenvalue weighted by Gasteiger charge is 2.18. The zero-order chi connectivity index (χ0) is 14.5. The Kier molecular flexibility index (Phi) is 5.56. The molecular formula is C15H24O3S. The van der Waals surface area contributed by atoms with E-state index in [9.17, 15) is 8.42 Å². The lowest BCUT2D eigenvalue weighted by atomic mass is 9.81. The highest BCUT2D eigenvalue weighted by atomic mass is 32.2. The van der Waals surface area contributed by atoms with Gasteiger partial charge in [-0.3, -0.25) is 4.55 Å². The van der Waals surface area contributed by atoms with Gasteiger partial charge in [0.25, 0.3) is 10.1 Å². The molecule has 1 aromatic rings. The topological polar surface area (TPSA) is 54.4 Å². The smallest absolute Gasteiger partial charge is 0.264 e. The summed E-state index contributed by atoms with van der Waals surface area (Å²) in [6, 6.07) is 8.53. The van der Waals surface area contributed by atoms with Crippen molar-refractivity contribution in [3.05, 3.63) is 35.4 Å². The highest BCUT2D eigenvalue weighted by Crippen LogP contribution is 2.28. The van der Waals surface area contributed by atoms with Crippen LogP contribution in [0.2, 0.25) is 0 Å². The molecule has 1 N–H and O–H groups in total. The van der Waals surface area contributed by atoms with E-state index in [0.29, 0.717) is 6.42 Å². The van der Waals surface area contributed by atoms with E-state index in [2.05, 4.69) is 45.0 Å². The molecular weight excluding hydrogens is 260 g/mol. The Morgan fingerprint density at radius 1 is 1.11 bits per heavy atom. The predicted octanol–water partition coefficient (Wildman–Crippen LogP) is 3.62. The predicted molar refractivity (Wildman–Crippen MR) is 78.9 cm³/mol. The van der Waals surface area contributed by atoms with E-state index in [-0.39, 0.29) is 11.2 Å². The monoisotopic (exact) mass is 284 g/mol. The second-order valence-electron chi connectivity index (χ2n) is 6.07. The van der Waals surface area contributed by atoms with Crippen LogP contribution in [0.15, 0.2) is 24.3 Å². The van der Waals surface area contributed by atoms with E-state index in [1.807, 2.05) is 0 Å². The van der Waals surface area contributed by atoms with Crippen LogP contribution in [0.5, 0.6) is 0 Å². The lowest BCUT2D eigenvalue weighted by Gasteiger charge is -2.24. The van der Waals surface area contributed by atoms with E-state index >= 15 is 0 Å². The van der Waals surface area contributed by atoms with Crippen molar-refractivity contribution in [2.24, 2.45) is 5.41 Å². The molecule has 0 heterocycles. The molecule has 0 bridgehead atoms. The van der Waals surface area contributed by atoms with Gasteiger partial charge in [-0.25, -0.2) is 0 Å². The molecule has 4 heteroatoms. The molecule has 0 aliphatic rings. The molecule has 0 aromatic heterocycles. The summed E-state index contributed by atoms with van der Waals surface area (Å²) < 4.78 is 29.9. The minimum Gasteiger partial charge on any atom is -0.286 e. The van der Waals surface area contributed by atoms with Crippen molar-refractivity contribution in [1.82, 2.24) is 0 Å². The van der Waals surface area contributed by atoms with Gasteiger partial charge < -0.3 is 0 Å². The van der Waals surface area contributed by atoms with Gasteiger partial charge in [-0.2, -0.15) is 8.42 Å². The molecule has 1 rings (SSSR count). The molecule has 0 spiro atoms. The zero-order valence-corrected chi connectivity index (χ0v) is 12.8. The fourth-order valence-electron chi connectivity index (χ4n) is 2.23. The molecule has 0 radical (unpaired) electrons. The Labute approximate surface area is 116 Å². The van der Waals surface area contributed by atoms with Gasteiger partial charge in [0.1, 0.15) is 0 Å². The maximum Gasteiger partial charge on any atom is 0.264 e. The summed E-state index contributed by atoms with van der Waals surface area (Å²) >= 11 is 0. The fourth-order valence-corrected chi connectivity index (χ4v) is 2.80. The maximum atomic E-state index is 10.6. The Bertz CT molecular complexity index is 487. The van der Waals surface area contributed by atoms with Gasteiger partial charge in [-0.05, 0) is 37.2 Å². The van der Waals surface area contributed by atoms with Crippen LogP contribution in [0, 0.1) is 12.3 Å². The summed E-state index contributed by atoms with van der Waals surface area (Å²) in [5.74, 6) is -0.131.